The molecular formula is C15H13BrCl2FNO. The van der Waals surface area contributed by atoms with Gasteiger partial charge in [-0.15, -0.1) is 0 Å². The van der Waals surface area contributed by atoms with Gasteiger partial charge in [0.05, 0.1) is 22.6 Å². The fourth-order valence-corrected chi connectivity index (χ4v) is 3.02. The second kappa shape index (κ2) is 6.97. The van der Waals surface area contributed by atoms with Gasteiger partial charge in [0, 0.05) is 11.1 Å². The molecule has 21 heavy (non-hydrogen) atoms. The molecule has 2 rings (SSSR count). The molecule has 0 amide bonds. The first-order valence-electron chi connectivity index (χ1n) is 6.13. The highest BCUT2D eigenvalue weighted by atomic mass is 79.9. The Labute approximate surface area is 141 Å². The summed E-state index contributed by atoms with van der Waals surface area (Å²) < 4.78 is 18.9. The van der Waals surface area contributed by atoms with Crippen LogP contribution in [0.25, 0.3) is 0 Å². The lowest BCUT2D eigenvalue weighted by Crippen LogP contribution is -2.18. The number of hydrogen-bond donors (Lipinski definition) is 1. The maximum Gasteiger partial charge on any atom is 0.138 e. The Hall–Kier alpha value is -0.810. The van der Waals surface area contributed by atoms with Crippen molar-refractivity contribution in [1.29, 1.82) is 0 Å². The van der Waals surface area contributed by atoms with Gasteiger partial charge in [-0.25, -0.2) is 4.39 Å². The highest BCUT2D eigenvalue weighted by Gasteiger charge is 2.18. The average Bonchev–Trinajstić information content (AvgIpc) is 2.46. The van der Waals surface area contributed by atoms with Crippen LogP contribution in [-0.4, -0.2) is 14.2 Å². The summed E-state index contributed by atoms with van der Waals surface area (Å²) in [6.45, 7) is 0. The van der Waals surface area contributed by atoms with E-state index in [0.717, 1.165) is 11.1 Å². The van der Waals surface area contributed by atoms with E-state index in [2.05, 4.69) is 21.2 Å². The zero-order chi connectivity index (χ0) is 15.6. The zero-order valence-electron chi connectivity index (χ0n) is 11.4. The molecule has 0 aromatic heterocycles. The molecule has 0 radical (unpaired) electrons. The predicted molar refractivity (Wildman–Crippen MR) is 88.0 cm³/mol. The van der Waals surface area contributed by atoms with E-state index in [0.29, 0.717) is 20.3 Å². The van der Waals surface area contributed by atoms with Crippen molar-refractivity contribution in [2.75, 3.05) is 14.2 Å². The van der Waals surface area contributed by atoms with E-state index in [-0.39, 0.29) is 11.9 Å². The lowest BCUT2D eigenvalue weighted by molar-refractivity contribution is 0.415. The summed E-state index contributed by atoms with van der Waals surface area (Å²) >= 11 is 15.7. The van der Waals surface area contributed by atoms with Crippen LogP contribution >= 0.6 is 39.1 Å². The third kappa shape index (κ3) is 3.51. The van der Waals surface area contributed by atoms with Crippen molar-refractivity contribution in [3.63, 3.8) is 0 Å². The summed E-state index contributed by atoms with van der Waals surface area (Å²) in [5.74, 6) is 0.202. The third-order valence-electron chi connectivity index (χ3n) is 3.15. The smallest absolute Gasteiger partial charge is 0.138 e. The van der Waals surface area contributed by atoms with Crippen molar-refractivity contribution in [3.05, 3.63) is 61.8 Å². The number of nitrogens with one attached hydrogen (secondary N) is 1. The van der Waals surface area contributed by atoms with Gasteiger partial charge in [0.25, 0.3) is 0 Å². The fraction of sp³-hybridized carbons (Fsp3) is 0.200. The largest absolute Gasteiger partial charge is 0.495 e. The maximum atomic E-state index is 13.4. The van der Waals surface area contributed by atoms with Crippen LogP contribution in [0.3, 0.4) is 0 Å². The Kier molecular flexibility index (Phi) is 5.49. The molecule has 2 aromatic rings. The molecule has 0 fully saturated rings. The number of halogens is 4. The van der Waals surface area contributed by atoms with Gasteiger partial charge in [0.15, 0.2) is 0 Å². The lowest BCUT2D eigenvalue weighted by atomic mass is 9.98. The molecule has 2 aromatic carbocycles. The molecule has 0 saturated heterocycles. The SMILES string of the molecule is CNC(c1ccc(F)c(Br)c1)c1cc(Cl)c(OC)cc1Cl. The van der Waals surface area contributed by atoms with Crippen molar-refractivity contribution in [2.24, 2.45) is 0 Å². The van der Waals surface area contributed by atoms with E-state index in [1.807, 2.05) is 0 Å². The normalized spacial score (nSPS) is 12.3. The molecule has 0 aliphatic heterocycles. The van der Waals surface area contributed by atoms with Crippen LogP contribution in [0.15, 0.2) is 34.8 Å². The minimum atomic E-state index is -0.313. The maximum absolute atomic E-state index is 13.4. The molecule has 1 atom stereocenters. The summed E-state index contributed by atoms with van der Waals surface area (Å²) in [7, 11) is 3.33. The monoisotopic (exact) mass is 391 g/mol. The topological polar surface area (TPSA) is 21.3 Å². The van der Waals surface area contributed by atoms with Crippen LogP contribution in [0.5, 0.6) is 5.75 Å². The van der Waals surface area contributed by atoms with Gasteiger partial charge >= 0.3 is 0 Å². The van der Waals surface area contributed by atoms with Crippen molar-refractivity contribution >= 4 is 39.1 Å². The Morgan fingerprint density at radius 1 is 1.19 bits per heavy atom. The zero-order valence-corrected chi connectivity index (χ0v) is 14.5. The molecular weight excluding hydrogens is 380 g/mol. The summed E-state index contributed by atoms with van der Waals surface area (Å²) in [5.41, 5.74) is 1.66. The molecule has 1 unspecified atom stereocenters. The summed E-state index contributed by atoms with van der Waals surface area (Å²) in [4.78, 5) is 0. The van der Waals surface area contributed by atoms with Crippen LogP contribution in [0, 0.1) is 5.82 Å². The van der Waals surface area contributed by atoms with Gasteiger partial charge in [0.2, 0.25) is 0 Å². The van der Waals surface area contributed by atoms with Crippen molar-refractivity contribution < 1.29 is 9.13 Å². The number of methoxy groups -OCH3 is 1. The van der Waals surface area contributed by atoms with E-state index in [9.17, 15) is 4.39 Å². The van der Waals surface area contributed by atoms with Crippen LogP contribution in [0.4, 0.5) is 4.39 Å². The second-order valence-electron chi connectivity index (χ2n) is 4.40. The molecule has 0 aliphatic carbocycles. The van der Waals surface area contributed by atoms with E-state index >= 15 is 0 Å². The standard InChI is InChI=1S/C15H13BrCl2FNO/c1-20-15(8-3-4-13(19)10(16)5-8)9-6-12(18)14(21-2)7-11(9)17/h3-7,15,20H,1-2H3. The third-order valence-corrected chi connectivity index (χ3v) is 4.38. The summed E-state index contributed by atoms with van der Waals surface area (Å²) in [5, 5.41) is 4.15. The van der Waals surface area contributed by atoms with E-state index in [4.69, 9.17) is 27.9 Å². The highest BCUT2D eigenvalue weighted by Crippen LogP contribution is 2.36. The van der Waals surface area contributed by atoms with Gasteiger partial charge in [-0.1, -0.05) is 29.3 Å². The van der Waals surface area contributed by atoms with Crippen LogP contribution < -0.4 is 10.1 Å². The molecule has 0 saturated carbocycles. The molecule has 6 heteroatoms. The number of hydrogen-bond acceptors (Lipinski definition) is 2. The van der Waals surface area contributed by atoms with Crippen LogP contribution in [-0.2, 0) is 0 Å². The Balaban J connectivity index is 2.50. The first-order chi connectivity index (χ1) is 9.97. The lowest BCUT2D eigenvalue weighted by Gasteiger charge is -2.20. The number of rotatable bonds is 4. The predicted octanol–water partition coefficient (Wildman–Crippen LogP) is 5.21. The highest BCUT2D eigenvalue weighted by molar-refractivity contribution is 9.10. The Morgan fingerprint density at radius 3 is 2.48 bits per heavy atom. The molecule has 0 bridgehead atoms. The van der Waals surface area contributed by atoms with Crippen molar-refractivity contribution in [3.8, 4) is 5.75 Å². The molecule has 0 aliphatic rings. The number of ether oxygens (including phenoxy) is 1. The van der Waals surface area contributed by atoms with Gasteiger partial charge < -0.3 is 10.1 Å². The Bertz CT molecular complexity index is 666. The Morgan fingerprint density at radius 2 is 1.90 bits per heavy atom. The summed E-state index contributed by atoms with van der Waals surface area (Å²) in [6, 6.07) is 8.03. The molecule has 1 N–H and O–H groups in total. The van der Waals surface area contributed by atoms with Crippen LogP contribution in [0.2, 0.25) is 10.0 Å². The van der Waals surface area contributed by atoms with Crippen molar-refractivity contribution in [1.82, 2.24) is 5.32 Å². The quantitative estimate of drug-likeness (QED) is 0.770. The van der Waals surface area contributed by atoms with Crippen molar-refractivity contribution in [2.45, 2.75) is 6.04 Å². The van der Waals surface area contributed by atoms with E-state index < -0.39 is 0 Å². The van der Waals surface area contributed by atoms with E-state index in [1.54, 1.807) is 31.3 Å². The van der Waals surface area contributed by atoms with Gasteiger partial charge in [-0.05, 0) is 52.3 Å². The molecule has 2 nitrogen and oxygen atoms in total. The summed E-state index contributed by atoms with van der Waals surface area (Å²) in [6.07, 6.45) is 0. The average molecular weight is 393 g/mol. The van der Waals surface area contributed by atoms with Gasteiger partial charge in [-0.3, -0.25) is 0 Å². The minimum absolute atomic E-state index is 0.210. The van der Waals surface area contributed by atoms with E-state index in [1.165, 1.54) is 13.2 Å². The first kappa shape index (κ1) is 16.6. The fourth-order valence-electron chi connectivity index (χ4n) is 2.12. The van der Waals surface area contributed by atoms with Gasteiger partial charge in [0.1, 0.15) is 11.6 Å². The molecule has 0 heterocycles. The van der Waals surface area contributed by atoms with Crippen LogP contribution in [0.1, 0.15) is 17.2 Å². The number of benzene rings is 2. The first-order valence-corrected chi connectivity index (χ1v) is 7.68. The minimum Gasteiger partial charge on any atom is -0.495 e. The molecule has 0 spiro atoms. The van der Waals surface area contributed by atoms with Gasteiger partial charge in [-0.2, -0.15) is 0 Å². The second-order valence-corrected chi connectivity index (χ2v) is 6.07. The molecule has 112 valence electrons.